The molecule has 0 radical (unpaired) electrons. The Kier molecular flexibility index (Phi) is 5.50. The summed E-state index contributed by atoms with van der Waals surface area (Å²) in [7, 11) is 0. The van der Waals surface area contributed by atoms with E-state index in [2.05, 4.69) is 5.32 Å². The average molecular weight is 225 g/mol. The van der Waals surface area contributed by atoms with Gasteiger partial charge in [-0.3, -0.25) is 4.79 Å². The molecule has 0 aliphatic rings. The number of para-hydroxylation sites is 1. The largest absolute Gasteiger partial charge is 0.396 e. The first-order valence-corrected chi connectivity index (χ1v) is 5.39. The molecule has 4 heteroatoms. The van der Waals surface area contributed by atoms with Crippen molar-refractivity contribution >= 4 is 11.6 Å². The lowest BCUT2D eigenvalue weighted by atomic mass is 10.2. The van der Waals surface area contributed by atoms with Crippen LogP contribution in [0.1, 0.15) is 25.7 Å². The number of hydrogen-bond donors (Lipinski definition) is 2. The SMILES string of the molecule is O=C(CCCCCO)Nc1ccccc1F. The van der Waals surface area contributed by atoms with E-state index in [1.54, 1.807) is 12.1 Å². The normalized spacial score (nSPS) is 10.1. The molecule has 3 nitrogen and oxygen atoms in total. The van der Waals surface area contributed by atoms with E-state index in [0.29, 0.717) is 19.3 Å². The number of hydrogen-bond acceptors (Lipinski definition) is 2. The van der Waals surface area contributed by atoms with Crippen LogP contribution in [-0.2, 0) is 4.79 Å². The van der Waals surface area contributed by atoms with Crippen molar-refractivity contribution < 1.29 is 14.3 Å². The molecule has 1 rings (SSSR count). The number of amides is 1. The fourth-order valence-electron chi connectivity index (χ4n) is 1.35. The van der Waals surface area contributed by atoms with Crippen LogP contribution in [0.3, 0.4) is 0 Å². The fraction of sp³-hybridized carbons (Fsp3) is 0.417. The Hall–Kier alpha value is -1.42. The maximum Gasteiger partial charge on any atom is 0.224 e. The molecular weight excluding hydrogens is 209 g/mol. The maximum atomic E-state index is 13.1. The number of anilines is 1. The van der Waals surface area contributed by atoms with Gasteiger partial charge in [-0.1, -0.05) is 18.6 Å². The van der Waals surface area contributed by atoms with Crippen LogP contribution >= 0.6 is 0 Å². The second kappa shape index (κ2) is 6.95. The summed E-state index contributed by atoms with van der Waals surface area (Å²) in [6, 6.07) is 6.08. The first kappa shape index (κ1) is 12.6. The number of carbonyl (C=O) groups is 1. The minimum absolute atomic E-state index is 0.148. The maximum absolute atomic E-state index is 13.1. The minimum atomic E-state index is -0.425. The molecule has 0 saturated heterocycles. The molecule has 0 spiro atoms. The number of benzene rings is 1. The van der Waals surface area contributed by atoms with E-state index < -0.39 is 5.82 Å². The lowest BCUT2D eigenvalue weighted by Crippen LogP contribution is -2.12. The average Bonchev–Trinajstić information content (AvgIpc) is 2.28. The van der Waals surface area contributed by atoms with Crippen LogP contribution in [0.5, 0.6) is 0 Å². The van der Waals surface area contributed by atoms with Crippen molar-refractivity contribution in [2.45, 2.75) is 25.7 Å². The topological polar surface area (TPSA) is 49.3 Å². The van der Waals surface area contributed by atoms with Gasteiger partial charge in [0, 0.05) is 13.0 Å². The van der Waals surface area contributed by atoms with Crippen molar-refractivity contribution in [3.8, 4) is 0 Å². The molecular formula is C12H16FNO2. The lowest BCUT2D eigenvalue weighted by Gasteiger charge is -2.05. The molecule has 0 saturated carbocycles. The number of halogens is 1. The first-order chi connectivity index (χ1) is 7.74. The van der Waals surface area contributed by atoms with E-state index in [4.69, 9.17) is 5.11 Å². The van der Waals surface area contributed by atoms with Gasteiger partial charge < -0.3 is 10.4 Å². The van der Waals surface area contributed by atoms with Crippen molar-refractivity contribution in [2.75, 3.05) is 11.9 Å². The number of unbranched alkanes of at least 4 members (excludes halogenated alkanes) is 2. The molecule has 1 aromatic carbocycles. The molecule has 0 atom stereocenters. The highest BCUT2D eigenvalue weighted by Crippen LogP contribution is 2.13. The summed E-state index contributed by atoms with van der Waals surface area (Å²) >= 11 is 0. The molecule has 0 fully saturated rings. The standard InChI is InChI=1S/C12H16FNO2/c13-10-6-3-4-7-11(10)14-12(16)8-2-1-5-9-15/h3-4,6-7,15H,1-2,5,8-9H2,(H,14,16). The summed E-state index contributed by atoms with van der Waals surface area (Å²) in [6.45, 7) is 0.148. The highest BCUT2D eigenvalue weighted by molar-refractivity contribution is 5.90. The van der Waals surface area contributed by atoms with Gasteiger partial charge in [0.1, 0.15) is 5.82 Å². The summed E-state index contributed by atoms with van der Waals surface area (Å²) in [5, 5.41) is 11.1. The van der Waals surface area contributed by atoms with Gasteiger partial charge in [-0.2, -0.15) is 0 Å². The third-order valence-corrected chi connectivity index (χ3v) is 2.21. The number of rotatable bonds is 6. The van der Waals surface area contributed by atoms with Gasteiger partial charge in [-0.15, -0.1) is 0 Å². The zero-order chi connectivity index (χ0) is 11.8. The van der Waals surface area contributed by atoms with Crippen LogP contribution in [0.2, 0.25) is 0 Å². The number of nitrogens with one attached hydrogen (secondary N) is 1. The summed E-state index contributed by atoms with van der Waals surface area (Å²) in [5.74, 6) is -0.616. The lowest BCUT2D eigenvalue weighted by molar-refractivity contribution is -0.116. The Bertz CT molecular complexity index is 342. The van der Waals surface area contributed by atoms with E-state index in [9.17, 15) is 9.18 Å². The summed E-state index contributed by atoms with van der Waals surface area (Å²) < 4.78 is 13.1. The molecule has 0 heterocycles. The van der Waals surface area contributed by atoms with Crippen molar-refractivity contribution in [2.24, 2.45) is 0 Å². The van der Waals surface area contributed by atoms with Crippen LogP contribution < -0.4 is 5.32 Å². The van der Waals surface area contributed by atoms with Crippen molar-refractivity contribution in [1.29, 1.82) is 0 Å². The second-order valence-corrected chi connectivity index (χ2v) is 3.56. The zero-order valence-electron chi connectivity index (χ0n) is 9.08. The highest BCUT2D eigenvalue weighted by Gasteiger charge is 2.05. The third-order valence-electron chi connectivity index (χ3n) is 2.21. The molecule has 0 bridgehead atoms. The summed E-state index contributed by atoms with van der Waals surface area (Å²) in [6.07, 6.45) is 2.57. The van der Waals surface area contributed by atoms with Gasteiger partial charge in [-0.25, -0.2) is 4.39 Å². The van der Waals surface area contributed by atoms with Gasteiger partial charge in [0.25, 0.3) is 0 Å². The quantitative estimate of drug-likeness (QED) is 0.730. The molecule has 88 valence electrons. The fourth-order valence-corrected chi connectivity index (χ4v) is 1.35. The van der Waals surface area contributed by atoms with Gasteiger partial charge in [0.2, 0.25) is 5.91 Å². The molecule has 1 amide bonds. The van der Waals surface area contributed by atoms with Gasteiger partial charge >= 0.3 is 0 Å². The van der Waals surface area contributed by atoms with Crippen LogP contribution in [0, 0.1) is 5.82 Å². The predicted molar refractivity (Wildman–Crippen MR) is 60.6 cm³/mol. The van der Waals surface area contributed by atoms with E-state index >= 15 is 0 Å². The predicted octanol–water partition coefficient (Wildman–Crippen LogP) is 2.32. The molecule has 2 N–H and O–H groups in total. The first-order valence-electron chi connectivity index (χ1n) is 5.39. The van der Waals surface area contributed by atoms with E-state index in [-0.39, 0.29) is 18.2 Å². The molecule has 0 aliphatic heterocycles. The van der Waals surface area contributed by atoms with Crippen LogP contribution in [0.25, 0.3) is 0 Å². The molecule has 0 unspecified atom stereocenters. The smallest absolute Gasteiger partial charge is 0.224 e. The third kappa shape index (κ3) is 4.40. The zero-order valence-corrected chi connectivity index (χ0v) is 9.08. The Balaban J connectivity index is 2.32. The van der Waals surface area contributed by atoms with Gasteiger partial charge in [0.05, 0.1) is 5.69 Å². The van der Waals surface area contributed by atoms with E-state index in [0.717, 1.165) is 6.42 Å². The Morgan fingerprint density at radius 1 is 1.25 bits per heavy atom. The second-order valence-electron chi connectivity index (χ2n) is 3.56. The van der Waals surface area contributed by atoms with Crippen molar-refractivity contribution in [3.63, 3.8) is 0 Å². The van der Waals surface area contributed by atoms with Crippen LogP contribution in [0.4, 0.5) is 10.1 Å². The Morgan fingerprint density at radius 2 is 2.00 bits per heavy atom. The van der Waals surface area contributed by atoms with E-state index in [1.807, 2.05) is 0 Å². The Labute approximate surface area is 94.3 Å². The van der Waals surface area contributed by atoms with E-state index in [1.165, 1.54) is 12.1 Å². The number of aliphatic hydroxyl groups excluding tert-OH is 1. The monoisotopic (exact) mass is 225 g/mol. The van der Waals surface area contributed by atoms with Gasteiger partial charge in [-0.05, 0) is 25.0 Å². The highest BCUT2D eigenvalue weighted by atomic mass is 19.1. The van der Waals surface area contributed by atoms with Crippen LogP contribution in [0.15, 0.2) is 24.3 Å². The number of aliphatic hydroxyl groups is 1. The van der Waals surface area contributed by atoms with Crippen LogP contribution in [-0.4, -0.2) is 17.6 Å². The summed E-state index contributed by atoms with van der Waals surface area (Å²) in [4.78, 5) is 11.4. The molecule has 0 aliphatic carbocycles. The molecule has 16 heavy (non-hydrogen) atoms. The minimum Gasteiger partial charge on any atom is -0.396 e. The van der Waals surface area contributed by atoms with Crippen molar-refractivity contribution in [1.82, 2.24) is 0 Å². The summed E-state index contributed by atoms with van der Waals surface area (Å²) in [5.41, 5.74) is 0.217. The Morgan fingerprint density at radius 3 is 2.69 bits per heavy atom. The molecule has 0 aromatic heterocycles. The van der Waals surface area contributed by atoms with Gasteiger partial charge in [0.15, 0.2) is 0 Å². The molecule has 1 aromatic rings. The number of carbonyl (C=O) groups excluding carboxylic acids is 1. The van der Waals surface area contributed by atoms with Crippen molar-refractivity contribution in [3.05, 3.63) is 30.1 Å².